The van der Waals surface area contributed by atoms with Crippen LogP contribution in [0, 0.1) is 6.92 Å². The van der Waals surface area contributed by atoms with E-state index in [4.69, 9.17) is 9.72 Å². The number of hydrogen-bond acceptors (Lipinski definition) is 8. The standard InChI is InChI=1S/C29H33N7O3/c1-18-14-21(4-5-22(18)19-7-11-36(12-8-19)13-9-25(37)30-2)33-28-27-20(6-10-32-29(27)38)15-23(35-28)24-16-31-17-26(34-24)39-3/h4-6,10,14-17,19H,7-9,11-13H2,1-3H3,(H,30,37)(H,32,38)(H,33,35). The lowest BCUT2D eigenvalue weighted by molar-refractivity contribution is -0.121. The zero-order valence-corrected chi connectivity index (χ0v) is 22.5. The van der Waals surface area contributed by atoms with Gasteiger partial charge in [0.15, 0.2) is 0 Å². The van der Waals surface area contributed by atoms with Crippen LogP contribution in [0.1, 0.15) is 36.3 Å². The molecule has 1 fully saturated rings. The van der Waals surface area contributed by atoms with E-state index in [2.05, 4.69) is 49.5 Å². The predicted molar refractivity (Wildman–Crippen MR) is 152 cm³/mol. The number of carbonyl (C=O) groups excluding carboxylic acids is 1. The number of benzene rings is 1. The third-order valence-corrected chi connectivity index (χ3v) is 7.33. The van der Waals surface area contributed by atoms with Crippen molar-refractivity contribution in [3.8, 4) is 17.3 Å². The molecular formula is C29H33N7O3. The summed E-state index contributed by atoms with van der Waals surface area (Å²) in [4.78, 5) is 42.9. The molecule has 3 aromatic heterocycles. The van der Waals surface area contributed by atoms with E-state index in [1.807, 2.05) is 18.2 Å². The molecular weight excluding hydrogens is 494 g/mol. The first-order valence-electron chi connectivity index (χ1n) is 13.1. The van der Waals surface area contributed by atoms with Gasteiger partial charge in [-0.25, -0.2) is 9.97 Å². The topological polar surface area (TPSA) is 125 Å². The van der Waals surface area contributed by atoms with Crippen molar-refractivity contribution in [1.29, 1.82) is 0 Å². The van der Waals surface area contributed by atoms with Crippen LogP contribution in [0.5, 0.6) is 5.88 Å². The maximum Gasteiger partial charge on any atom is 0.259 e. The van der Waals surface area contributed by atoms with Gasteiger partial charge in [-0.2, -0.15) is 0 Å². The third kappa shape index (κ3) is 5.91. The van der Waals surface area contributed by atoms with Crippen LogP contribution in [0.4, 0.5) is 11.5 Å². The smallest absolute Gasteiger partial charge is 0.259 e. The van der Waals surface area contributed by atoms with Crippen molar-refractivity contribution >= 4 is 28.2 Å². The fourth-order valence-electron chi connectivity index (χ4n) is 5.21. The normalized spacial score (nSPS) is 14.3. The molecule has 5 rings (SSSR count). The maximum atomic E-state index is 12.8. The molecule has 0 unspecified atom stereocenters. The van der Waals surface area contributed by atoms with Gasteiger partial charge in [0.1, 0.15) is 11.5 Å². The number of pyridine rings is 2. The molecule has 1 aliphatic heterocycles. The highest BCUT2D eigenvalue weighted by Gasteiger charge is 2.22. The third-order valence-electron chi connectivity index (χ3n) is 7.33. The molecule has 1 aliphatic rings. The zero-order chi connectivity index (χ0) is 27.4. The first kappa shape index (κ1) is 26.3. The molecule has 10 nitrogen and oxygen atoms in total. The van der Waals surface area contributed by atoms with Gasteiger partial charge < -0.3 is 25.3 Å². The van der Waals surface area contributed by atoms with E-state index in [1.165, 1.54) is 24.4 Å². The number of aryl methyl sites for hydroxylation is 1. The molecule has 10 heteroatoms. The van der Waals surface area contributed by atoms with Crippen molar-refractivity contribution in [3.05, 3.63) is 70.4 Å². The van der Waals surface area contributed by atoms with Crippen molar-refractivity contribution in [2.75, 3.05) is 39.1 Å². The summed E-state index contributed by atoms with van der Waals surface area (Å²) in [6, 6.07) is 10.00. The highest BCUT2D eigenvalue weighted by atomic mass is 16.5. The van der Waals surface area contributed by atoms with Crippen LogP contribution in [0.15, 0.2) is 53.7 Å². The van der Waals surface area contributed by atoms with Crippen molar-refractivity contribution in [2.45, 2.75) is 32.1 Å². The number of anilines is 2. The molecule has 1 aromatic carbocycles. The van der Waals surface area contributed by atoms with Crippen molar-refractivity contribution in [3.63, 3.8) is 0 Å². The lowest BCUT2D eigenvalue weighted by Crippen LogP contribution is -2.35. The lowest BCUT2D eigenvalue weighted by atomic mass is 9.86. The van der Waals surface area contributed by atoms with Crippen LogP contribution >= 0.6 is 0 Å². The molecule has 0 radical (unpaired) electrons. The van der Waals surface area contributed by atoms with E-state index in [-0.39, 0.29) is 11.5 Å². The Morgan fingerprint density at radius 1 is 1.13 bits per heavy atom. The van der Waals surface area contributed by atoms with Gasteiger partial charge in [-0.05, 0) is 79.6 Å². The molecule has 3 N–H and O–H groups in total. The van der Waals surface area contributed by atoms with Gasteiger partial charge in [-0.3, -0.25) is 14.6 Å². The van der Waals surface area contributed by atoms with Gasteiger partial charge >= 0.3 is 0 Å². The van der Waals surface area contributed by atoms with E-state index in [0.29, 0.717) is 40.8 Å². The Morgan fingerprint density at radius 3 is 2.69 bits per heavy atom. The summed E-state index contributed by atoms with van der Waals surface area (Å²) < 4.78 is 5.22. The number of rotatable bonds is 8. The molecule has 0 bridgehead atoms. The summed E-state index contributed by atoms with van der Waals surface area (Å²) in [5, 5.41) is 7.29. The number of aromatic amines is 1. The molecule has 39 heavy (non-hydrogen) atoms. The van der Waals surface area contributed by atoms with Gasteiger partial charge in [0.25, 0.3) is 5.56 Å². The Bertz CT molecular complexity index is 1540. The van der Waals surface area contributed by atoms with E-state index in [0.717, 1.165) is 43.5 Å². The molecule has 4 heterocycles. The Kier molecular flexibility index (Phi) is 7.83. The number of carbonyl (C=O) groups is 1. The molecule has 1 saturated heterocycles. The number of fused-ring (bicyclic) bond motifs is 1. The van der Waals surface area contributed by atoms with Crippen molar-refractivity contribution in [1.82, 2.24) is 30.2 Å². The summed E-state index contributed by atoms with van der Waals surface area (Å²) in [5.74, 6) is 1.40. The number of aromatic nitrogens is 4. The number of methoxy groups -OCH3 is 1. The van der Waals surface area contributed by atoms with Crippen molar-refractivity contribution in [2.24, 2.45) is 0 Å². The molecule has 0 aliphatic carbocycles. The number of H-pyrrole nitrogens is 1. The van der Waals surface area contributed by atoms with Crippen LogP contribution in [0.2, 0.25) is 0 Å². The predicted octanol–water partition coefficient (Wildman–Crippen LogP) is 3.76. The van der Waals surface area contributed by atoms with Gasteiger partial charge in [0.2, 0.25) is 11.8 Å². The van der Waals surface area contributed by atoms with E-state index >= 15 is 0 Å². The summed E-state index contributed by atoms with van der Waals surface area (Å²) in [5.41, 5.74) is 4.29. The number of likely N-dealkylation sites (tertiary alicyclic amines) is 1. The lowest BCUT2D eigenvalue weighted by Gasteiger charge is -2.32. The highest BCUT2D eigenvalue weighted by Crippen LogP contribution is 2.33. The number of piperidine rings is 1. The zero-order valence-electron chi connectivity index (χ0n) is 22.5. The van der Waals surface area contributed by atoms with E-state index in [1.54, 1.807) is 19.4 Å². The molecule has 1 amide bonds. The monoisotopic (exact) mass is 527 g/mol. The quantitative estimate of drug-likeness (QED) is 0.316. The van der Waals surface area contributed by atoms with E-state index in [9.17, 15) is 9.59 Å². The Balaban J connectivity index is 1.38. The van der Waals surface area contributed by atoms with Gasteiger partial charge in [0, 0.05) is 31.9 Å². The number of nitrogens with zero attached hydrogens (tertiary/aromatic N) is 4. The fourth-order valence-corrected chi connectivity index (χ4v) is 5.21. The first-order valence-corrected chi connectivity index (χ1v) is 13.1. The number of amides is 1. The van der Waals surface area contributed by atoms with Gasteiger partial charge in [0.05, 0.1) is 30.6 Å². The van der Waals surface area contributed by atoms with Crippen LogP contribution in [0.3, 0.4) is 0 Å². The maximum absolute atomic E-state index is 12.8. The number of nitrogens with one attached hydrogen (secondary N) is 3. The minimum absolute atomic E-state index is 0.0854. The van der Waals surface area contributed by atoms with Crippen LogP contribution in [-0.4, -0.2) is 64.5 Å². The minimum atomic E-state index is -0.220. The molecule has 4 aromatic rings. The summed E-state index contributed by atoms with van der Waals surface area (Å²) in [6.45, 7) is 4.90. The van der Waals surface area contributed by atoms with Gasteiger partial charge in [-0.1, -0.05) is 6.07 Å². The highest BCUT2D eigenvalue weighted by molar-refractivity contribution is 5.94. The summed E-state index contributed by atoms with van der Waals surface area (Å²) >= 11 is 0. The van der Waals surface area contributed by atoms with Crippen LogP contribution in [-0.2, 0) is 4.79 Å². The van der Waals surface area contributed by atoms with Gasteiger partial charge in [-0.15, -0.1) is 0 Å². The molecule has 0 atom stereocenters. The largest absolute Gasteiger partial charge is 0.480 e. The Labute approximate surface area is 226 Å². The molecule has 0 spiro atoms. The summed E-state index contributed by atoms with van der Waals surface area (Å²) in [7, 11) is 3.22. The minimum Gasteiger partial charge on any atom is -0.480 e. The second kappa shape index (κ2) is 11.6. The second-order valence-corrected chi connectivity index (χ2v) is 9.81. The molecule has 0 saturated carbocycles. The molecule has 202 valence electrons. The average Bonchev–Trinajstić information content (AvgIpc) is 2.96. The Morgan fingerprint density at radius 2 is 1.95 bits per heavy atom. The van der Waals surface area contributed by atoms with Crippen LogP contribution in [0.25, 0.3) is 22.2 Å². The summed E-state index contributed by atoms with van der Waals surface area (Å²) in [6.07, 6.45) is 7.44. The fraction of sp³-hybridized carbons (Fsp3) is 0.345. The first-order chi connectivity index (χ1) is 18.9. The average molecular weight is 528 g/mol. The number of ether oxygens (including phenoxy) is 1. The van der Waals surface area contributed by atoms with E-state index < -0.39 is 0 Å². The van der Waals surface area contributed by atoms with Crippen LogP contribution < -0.4 is 20.9 Å². The Hall–Kier alpha value is -4.31. The second-order valence-electron chi connectivity index (χ2n) is 9.81. The van der Waals surface area contributed by atoms with Crippen molar-refractivity contribution < 1.29 is 9.53 Å². The SMILES string of the molecule is CNC(=O)CCN1CCC(c2ccc(Nc3nc(-c4cncc(OC)n4)cc4cc[nH]c(=O)c34)cc2C)CC1. The number of hydrogen-bond donors (Lipinski definition) is 3.